The minimum absolute atomic E-state index is 0.0175. The fraction of sp³-hybridized carbons (Fsp3) is 0.450. The second kappa shape index (κ2) is 10.8. The topological polar surface area (TPSA) is 80.8 Å². The average Bonchev–Trinajstić information content (AvgIpc) is 2.98. The summed E-state index contributed by atoms with van der Waals surface area (Å²) >= 11 is 1.43. The quantitative estimate of drug-likeness (QED) is 0.615. The molecule has 0 aliphatic carbocycles. The Bertz CT molecular complexity index is 770. The molecular weight excluding hydrogens is 378 g/mol. The SMILES string of the molecule is COCCCN(CC(=O)Nc1nc(C)c(C)s1)C(=O)Cc1ccc(OC)cc1. The molecule has 1 aromatic heterocycles. The number of carbonyl (C=O) groups is 2. The van der Waals surface area contributed by atoms with Gasteiger partial charge in [-0.1, -0.05) is 12.1 Å². The third-order valence-electron chi connectivity index (χ3n) is 4.25. The van der Waals surface area contributed by atoms with Gasteiger partial charge in [0.25, 0.3) is 0 Å². The van der Waals surface area contributed by atoms with Gasteiger partial charge in [-0.05, 0) is 38.0 Å². The highest BCUT2D eigenvalue weighted by molar-refractivity contribution is 7.15. The first-order valence-electron chi connectivity index (χ1n) is 9.06. The fourth-order valence-electron chi connectivity index (χ4n) is 2.58. The zero-order chi connectivity index (χ0) is 20.5. The molecule has 0 atom stereocenters. The minimum Gasteiger partial charge on any atom is -0.497 e. The van der Waals surface area contributed by atoms with Crippen LogP contribution < -0.4 is 10.1 Å². The molecule has 0 saturated heterocycles. The first kappa shape index (κ1) is 21.8. The second-order valence-corrected chi connectivity index (χ2v) is 7.60. The van der Waals surface area contributed by atoms with Crippen molar-refractivity contribution in [3.63, 3.8) is 0 Å². The van der Waals surface area contributed by atoms with Crippen molar-refractivity contribution >= 4 is 28.3 Å². The molecule has 28 heavy (non-hydrogen) atoms. The summed E-state index contributed by atoms with van der Waals surface area (Å²) in [7, 11) is 3.21. The first-order chi connectivity index (χ1) is 13.4. The predicted octanol–water partition coefficient (Wildman–Crippen LogP) is 2.81. The molecule has 7 nitrogen and oxygen atoms in total. The molecule has 0 saturated carbocycles. The molecule has 2 amide bonds. The normalized spacial score (nSPS) is 10.6. The molecule has 2 aromatic rings. The fourth-order valence-corrected chi connectivity index (χ4v) is 3.41. The lowest BCUT2D eigenvalue weighted by Gasteiger charge is -2.22. The Hall–Kier alpha value is -2.45. The van der Waals surface area contributed by atoms with Crippen LogP contribution in [0.25, 0.3) is 0 Å². The van der Waals surface area contributed by atoms with Gasteiger partial charge >= 0.3 is 0 Å². The molecule has 0 bridgehead atoms. The molecule has 0 fully saturated rings. The van der Waals surface area contributed by atoms with Crippen LogP contribution in [-0.4, -0.2) is 55.6 Å². The van der Waals surface area contributed by atoms with E-state index in [1.165, 1.54) is 11.3 Å². The summed E-state index contributed by atoms with van der Waals surface area (Å²) in [6.45, 7) is 4.82. The van der Waals surface area contributed by atoms with Crippen molar-refractivity contribution in [3.8, 4) is 5.75 Å². The Morgan fingerprint density at radius 2 is 1.89 bits per heavy atom. The van der Waals surface area contributed by atoms with E-state index in [2.05, 4.69) is 10.3 Å². The number of benzene rings is 1. The van der Waals surface area contributed by atoms with Crippen molar-refractivity contribution in [2.45, 2.75) is 26.7 Å². The van der Waals surface area contributed by atoms with Crippen molar-refractivity contribution in [2.75, 3.05) is 39.2 Å². The highest BCUT2D eigenvalue weighted by Gasteiger charge is 2.18. The number of rotatable bonds is 10. The summed E-state index contributed by atoms with van der Waals surface area (Å²) in [5, 5.41) is 3.34. The van der Waals surface area contributed by atoms with Gasteiger partial charge in [-0.2, -0.15) is 0 Å². The summed E-state index contributed by atoms with van der Waals surface area (Å²) < 4.78 is 10.2. The number of methoxy groups -OCH3 is 2. The van der Waals surface area contributed by atoms with Crippen LogP contribution in [-0.2, 0) is 20.7 Å². The maximum Gasteiger partial charge on any atom is 0.245 e. The molecule has 1 heterocycles. The largest absolute Gasteiger partial charge is 0.497 e. The predicted molar refractivity (Wildman–Crippen MR) is 110 cm³/mol. The number of nitrogens with zero attached hydrogens (tertiary/aromatic N) is 2. The smallest absolute Gasteiger partial charge is 0.245 e. The number of ether oxygens (including phenoxy) is 2. The molecular formula is C20H27N3O4S. The van der Waals surface area contributed by atoms with Crippen molar-refractivity contribution in [1.82, 2.24) is 9.88 Å². The van der Waals surface area contributed by atoms with Crippen molar-refractivity contribution in [2.24, 2.45) is 0 Å². The number of aryl methyl sites for hydroxylation is 2. The van der Waals surface area contributed by atoms with E-state index in [1.54, 1.807) is 19.1 Å². The number of hydrogen-bond donors (Lipinski definition) is 1. The summed E-state index contributed by atoms with van der Waals surface area (Å²) in [5.41, 5.74) is 1.77. The van der Waals surface area contributed by atoms with Crippen LogP contribution in [0.2, 0.25) is 0 Å². The average molecular weight is 406 g/mol. The highest BCUT2D eigenvalue weighted by Crippen LogP contribution is 2.21. The maximum atomic E-state index is 12.8. The molecule has 0 aliphatic heterocycles. The number of hydrogen-bond acceptors (Lipinski definition) is 6. The van der Waals surface area contributed by atoms with Gasteiger partial charge in [0, 0.05) is 25.1 Å². The number of amides is 2. The Morgan fingerprint density at radius 1 is 1.18 bits per heavy atom. The van der Waals surface area contributed by atoms with Crippen molar-refractivity contribution < 1.29 is 19.1 Å². The number of anilines is 1. The lowest BCUT2D eigenvalue weighted by atomic mass is 10.1. The monoisotopic (exact) mass is 405 g/mol. The first-order valence-corrected chi connectivity index (χ1v) is 9.88. The van der Waals surface area contributed by atoms with Crippen molar-refractivity contribution in [1.29, 1.82) is 0 Å². The number of nitrogens with one attached hydrogen (secondary N) is 1. The number of carbonyl (C=O) groups excluding carboxylic acids is 2. The lowest BCUT2D eigenvalue weighted by Crippen LogP contribution is -2.39. The van der Waals surface area contributed by atoms with Gasteiger partial charge in [0.1, 0.15) is 5.75 Å². The minimum atomic E-state index is -0.255. The molecule has 0 spiro atoms. The van der Waals surface area contributed by atoms with Crippen LogP contribution in [0.5, 0.6) is 5.75 Å². The third-order valence-corrected chi connectivity index (χ3v) is 5.24. The number of aromatic nitrogens is 1. The van der Waals surface area contributed by atoms with Crippen molar-refractivity contribution in [3.05, 3.63) is 40.4 Å². The highest BCUT2D eigenvalue weighted by atomic mass is 32.1. The second-order valence-electron chi connectivity index (χ2n) is 6.40. The van der Waals surface area contributed by atoms with Crippen LogP contribution in [0.15, 0.2) is 24.3 Å². The van der Waals surface area contributed by atoms with E-state index < -0.39 is 0 Å². The van der Waals surface area contributed by atoms with Gasteiger partial charge < -0.3 is 19.7 Å². The summed E-state index contributed by atoms with van der Waals surface area (Å²) in [4.78, 5) is 32.1. The molecule has 1 aromatic carbocycles. The van der Waals surface area contributed by atoms with E-state index in [0.29, 0.717) is 24.7 Å². The third kappa shape index (κ3) is 6.61. The maximum absolute atomic E-state index is 12.8. The van der Waals surface area contributed by atoms with Crippen LogP contribution in [0.1, 0.15) is 22.6 Å². The Labute approximate surface area is 169 Å². The molecule has 2 rings (SSSR count). The van der Waals surface area contributed by atoms with Gasteiger partial charge in [-0.25, -0.2) is 4.98 Å². The van der Waals surface area contributed by atoms with Crippen LogP contribution in [0, 0.1) is 13.8 Å². The van der Waals surface area contributed by atoms with E-state index in [9.17, 15) is 9.59 Å². The molecule has 0 unspecified atom stereocenters. The Balaban J connectivity index is 1.99. The van der Waals surface area contributed by atoms with E-state index in [0.717, 1.165) is 21.9 Å². The lowest BCUT2D eigenvalue weighted by molar-refractivity contribution is -0.134. The van der Waals surface area contributed by atoms with Gasteiger partial charge in [0.2, 0.25) is 11.8 Å². The zero-order valence-corrected chi connectivity index (χ0v) is 17.6. The molecule has 1 N–H and O–H groups in total. The standard InChI is InChI=1S/C20H27N3O4S/c1-14-15(2)28-20(21-14)22-18(24)13-23(10-5-11-26-3)19(25)12-16-6-8-17(27-4)9-7-16/h6-9H,5,10-13H2,1-4H3,(H,21,22,24). The number of thiazole rings is 1. The Morgan fingerprint density at radius 3 is 2.46 bits per heavy atom. The summed E-state index contributed by atoms with van der Waals surface area (Å²) in [5.74, 6) is 0.374. The van der Waals surface area contributed by atoms with E-state index in [1.807, 2.05) is 38.1 Å². The van der Waals surface area contributed by atoms with E-state index in [4.69, 9.17) is 9.47 Å². The van der Waals surface area contributed by atoms with E-state index >= 15 is 0 Å². The van der Waals surface area contributed by atoms with Gasteiger partial charge in [0.05, 0.1) is 25.8 Å². The van der Waals surface area contributed by atoms with E-state index in [-0.39, 0.29) is 24.8 Å². The van der Waals surface area contributed by atoms with Gasteiger partial charge in [-0.3, -0.25) is 9.59 Å². The zero-order valence-electron chi connectivity index (χ0n) is 16.8. The van der Waals surface area contributed by atoms with Gasteiger partial charge in [-0.15, -0.1) is 11.3 Å². The van der Waals surface area contributed by atoms with Gasteiger partial charge in [0.15, 0.2) is 5.13 Å². The molecule has 8 heteroatoms. The summed E-state index contributed by atoms with van der Waals surface area (Å²) in [6.07, 6.45) is 0.882. The van der Waals surface area contributed by atoms with Crippen LogP contribution in [0.4, 0.5) is 5.13 Å². The summed E-state index contributed by atoms with van der Waals surface area (Å²) in [6, 6.07) is 7.34. The Kier molecular flexibility index (Phi) is 8.41. The molecule has 0 radical (unpaired) electrons. The van der Waals surface area contributed by atoms with Crippen LogP contribution >= 0.6 is 11.3 Å². The molecule has 0 aliphatic rings. The van der Waals surface area contributed by atoms with Crippen LogP contribution in [0.3, 0.4) is 0 Å². The molecule has 152 valence electrons.